The highest BCUT2D eigenvalue weighted by Gasteiger charge is 2.26. The number of nitrogens with one attached hydrogen (secondary N) is 1. The van der Waals surface area contributed by atoms with E-state index in [1.54, 1.807) is 13.1 Å². The molecule has 0 bridgehead atoms. The second-order valence-electron chi connectivity index (χ2n) is 5.78. The number of esters is 1. The lowest BCUT2D eigenvalue weighted by molar-refractivity contribution is 0.0517. The number of methoxy groups -OCH3 is 2. The molecule has 3 aromatic rings. The van der Waals surface area contributed by atoms with Gasteiger partial charge < -0.3 is 19.5 Å². The Balaban J connectivity index is 1.91. The van der Waals surface area contributed by atoms with Crippen LogP contribution in [0.25, 0.3) is 11.0 Å². The molecule has 146 valence electrons. The van der Waals surface area contributed by atoms with E-state index in [2.05, 4.69) is 15.3 Å². The molecule has 0 saturated carbocycles. The van der Waals surface area contributed by atoms with E-state index in [-0.39, 0.29) is 35.8 Å². The van der Waals surface area contributed by atoms with Crippen LogP contribution in [-0.4, -0.2) is 36.8 Å². The zero-order chi connectivity index (χ0) is 20.1. The minimum absolute atomic E-state index is 0.0846. The van der Waals surface area contributed by atoms with Gasteiger partial charge in [-0.05, 0) is 25.1 Å². The van der Waals surface area contributed by atoms with Gasteiger partial charge in [-0.25, -0.2) is 14.2 Å². The van der Waals surface area contributed by atoms with Gasteiger partial charge in [-0.1, -0.05) is 12.1 Å². The first-order valence-electron chi connectivity index (χ1n) is 8.65. The van der Waals surface area contributed by atoms with Gasteiger partial charge in [-0.2, -0.15) is 0 Å². The highest BCUT2D eigenvalue weighted by atomic mass is 19.1. The summed E-state index contributed by atoms with van der Waals surface area (Å²) in [5.74, 6) is -0.953. The molecule has 0 unspecified atom stereocenters. The van der Waals surface area contributed by atoms with Crippen LogP contribution in [0.15, 0.2) is 36.5 Å². The van der Waals surface area contributed by atoms with E-state index in [0.717, 1.165) is 11.0 Å². The van der Waals surface area contributed by atoms with Gasteiger partial charge in [-0.15, -0.1) is 0 Å². The topological polar surface area (TPSA) is 82.6 Å². The van der Waals surface area contributed by atoms with Crippen molar-refractivity contribution in [1.82, 2.24) is 9.97 Å². The van der Waals surface area contributed by atoms with Gasteiger partial charge in [0.1, 0.15) is 17.1 Å². The molecule has 8 heteroatoms. The van der Waals surface area contributed by atoms with Crippen molar-refractivity contribution >= 4 is 22.8 Å². The molecule has 3 rings (SSSR count). The molecule has 0 saturated heterocycles. The van der Waals surface area contributed by atoms with Crippen LogP contribution in [0.3, 0.4) is 0 Å². The van der Waals surface area contributed by atoms with Crippen LogP contribution in [0.1, 0.15) is 22.8 Å². The maximum atomic E-state index is 14.9. The van der Waals surface area contributed by atoms with Crippen molar-refractivity contribution in [1.29, 1.82) is 0 Å². The first kappa shape index (κ1) is 19.3. The molecule has 0 aliphatic carbocycles. The Kier molecular flexibility index (Phi) is 5.88. The molecule has 7 nitrogen and oxygen atoms in total. The summed E-state index contributed by atoms with van der Waals surface area (Å²) in [6.45, 7) is 1.90. The molecule has 0 fully saturated rings. The molecule has 0 amide bonds. The van der Waals surface area contributed by atoms with E-state index >= 15 is 0 Å². The minimum Gasteiger partial charge on any atom is -0.496 e. The molecule has 0 aliphatic rings. The van der Waals surface area contributed by atoms with Crippen LogP contribution in [0.5, 0.6) is 11.5 Å². The van der Waals surface area contributed by atoms with Crippen molar-refractivity contribution in [3.8, 4) is 11.5 Å². The summed E-state index contributed by atoms with van der Waals surface area (Å²) in [6, 6.07) is 8.88. The van der Waals surface area contributed by atoms with Gasteiger partial charge in [0.15, 0.2) is 11.6 Å². The Bertz CT molecular complexity index is 1010. The Morgan fingerprint density at radius 3 is 2.61 bits per heavy atom. The third-order valence-corrected chi connectivity index (χ3v) is 4.07. The lowest BCUT2D eigenvalue weighted by Gasteiger charge is -2.16. The molecule has 1 aromatic heterocycles. The molecular weight excluding hydrogens is 365 g/mol. The monoisotopic (exact) mass is 385 g/mol. The average Bonchev–Trinajstić information content (AvgIpc) is 2.72. The highest BCUT2D eigenvalue weighted by molar-refractivity contribution is 5.96. The number of benzene rings is 2. The lowest BCUT2D eigenvalue weighted by atomic mass is 10.1. The van der Waals surface area contributed by atoms with Crippen LogP contribution < -0.4 is 14.8 Å². The first-order valence-corrected chi connectivity index (χ1v) is 8.65. The predicted molar refractivity (Wildman–Crippen MR) is 102 cm³/mol. The molecule has 1 heterocycles. The largest absolute Gasteiger partial charge is 0.496 e. The van der Waals surface area contributed by atoms with E-state index < -0.39 is 11.8 Å². The van der Waals surface area contributed by atoms with Gasteiger partial charge in [0.25, 0.3) is 0 Å². The number of para-hydroxylation sites is 2. The fourth-order valence-corrected chi connectivity index (χ4v) is 2.77. The molecule has 2 aromatic carbocycles. The van der Waals surface area contributed by atoms with E-state index in [1.807, 2.05) is 24.3 Å². The minimum atomic E-state index is -0.713. The van der Waals surface area contributed by atoms with Crippen LogP contribution in [-0.2, 0) is 11.3 Å². The van der Waals surface area contributed by atoms with Crippen LogP contribution in [0.4, 0.5) is 10.2 Å². The average molecular weight is 385 g/mol. The number of carbonyl (C=O) groups excluding carboxylic acids is 1. The summed E-state index contributed by atoms with van der Waals surface area (Å²) in [5, 5.41) is 3.03. The van der Waals surface area contributed by atoms with Gasteiger partial charge in [0.2, 0.25) is 0 Å². The normalized spacial score (nSPS) is 10.6. The van der Waals surface area contributed by atoms with Crippen LogP contribution in [0, 0.1) is 5.82 Å². The maximum Gasteiger partial charge on any atom is 0.345 e. The Hall–Kier alpha value is -3.42. The second-order valence-corrected chi connectivity index (χ2v) is 5.78. The second kappa shape index (κ2) is 8.51. The van der Waals surface area contributed by atoms with Crippen molar-refractivity contribution < 1.29 is 23.4 Å². The number of ether oxygens (including phenoxy) is 3. The summed E-state index contributed by atoms with van der Waals surface area (Å²) in [5.41, 5.74) is 1.65. The van der Waals surface area contributed by atoms with Gasteiger partial charge in [0, 0.05) is 12.1 Å². The number of nitrogens with zero attached hydrogens (tertiary/aromatic N) is 2. The quantitative estimate of drug-likeness (QED) is 0.623. The zero-order valence-corrected chi connectivity index (χ0v) is 15.8. The van der Waals surface area contributed by atoms with Crippen molar-refractivity contribution in [3.05, 3.63) is 53.5 Å². The summed E-state index contributed by atoms with van der Waals surface area (Å²) in [4.78, 5) is 20.9. The van der Waals surface area contributed by atoms with Crippen LogP contribution in [0.2, 0.25) is 0 Å². The van der Waals surface area contributed by atoms with Gasteiger partial charge in [0.05, 0.1) is 38.1 Å². The van der Waals surface area contributed by atoms with Gasteiger partial charge in [-0.3, -0.25) is 4.98 Å². The third-order valence-electron chi connectivity index (χ3n) is 4.07. The SMILES string of the molecule is CCOC(=O)c1c(OC)cc(CNc2cnc3ccccc3n2)c(F)c1OC. The Morgan fingerprint density at radius 1 is 1.18 bits per heavy atom. The third kappa shape index (κ3) is 3.80. The van der Waals surface area contributed by atoms with Crippen molar-refractivity contribution in [3.63, 3.8) is 0 Å². The number of hydrogen-bond acceptors (Lipinski definition) is 7. The smallest absolute Gasteiger partial charge is 0.345 e. The molecule has 0 atom stereocenters. The summed E-state index contributed by atoms with van der Waals surface area (Å²) in [7, 11) is 2.67. The number of halogens is 1. The molecule has 1 N–H and O–H groups in total. The van der Waals surface area contributed by atoms with E-state index in [9.17, 15) is 9.18 Å². The fraction of sp³-hybridized carbons (Fsp3) is 0.250. The number of aromatic nitrogens is 2. The molecule has 28 heavy (non-hydrogen) atoms. The summed E-state index contributed by atoms with van der Waals surface area (Å²) in [6.07, 6.45) is 1.57. The van der Waals surface area contributed by atoms with Crippen molar-refractivity contribution in [2.24, 2.45) is 0 Å². The van der Waals surface area contributed by atoms with Crippen LogP contribution >= 0.6 is 0 Å². The van der Waals surface area contributed by atoms with E-state index in [0.29, 0.717) is 5.82 Å². The number of anilines is 1. The summed E-state index contributed by atoms with van der Waals surface area (Å²) < 4.78 is 30.3. The Morgan fingerprint density at radius 2 is 1.93 bits per heavy atom. The zero-order valence-electron chi connectivity index (χ0n) is 15.8. The summed E-state index contributed by atoms with van der Waals surface area (Å²) >= 11 is 0. The maximum absolute atomic E-state index is 14.9. The number of carbonyl (C=O) groups is 1. The van der Waals surface area contributed by atoms with E-state index in [1.165, 1.54) is 20.3 Å². The number of hydrogen-bond donors (Lipinski definition) is 1. The van der Waals surface area contributed by atoms with Crippen molar-refractivity contribution in [2.75, 3.05) is 26.1 Å². The number of rotatable bonds is 7. The fourth-order valence-electron chi connectivity index (χ4n) is 2.77. The van der Waals surface area contributed by atoms with E-state index in [4.69, 9.17) is 14.2 Å². The first-order chi connectivity index (χ1) is 13.6. The molecule has 0 spiro atoms. The standard InChI is InChI=1S/C20H20FN3O4/c1-4-28-20(25)17-15(26-2)9-12(18(21)19(17)27-3)10-23-16-11-22-13-7-5-6-8-14(13)24-16/h5-9,11H,4,10H2,1-3H3,(H,23,24). The predicted octanol–water partition coefficient (Wildman–Crippen LogP) is 3.57. The molecule has 0 aliphatic heterocycles. The molecule has 0 radical (unpaired) electrons. The Labute approximate surface area is 161 Å². The number of fused-ring (bicyclic) bond motifs is 1. The van der Waals surface area contributed by atoms with Crippen molar-refractivity contribution in [2.45, 2.75) is 13.5 Å². The van der Waals surface area contributed by atoms with Gasteiger partial charge >= 0.3 is 5.97 Å². The highest BCUT2D eigenvalue weighted by Crippen LogP contribution is 2.35. The lowest BCUT2D eigenvalue weighted by Crippen LogP contribution is -2.13. The molecular formula is C20H20FN3O4.